The summed E-state index contributed by atoms with van der Waals surface area (Å²) in [4.78, 5) is 26.8. The molecule has 8 nitrogen and oxygen atoms in total. The van der Waals surface area contributed by atoms with E-state index in [0.29, 0.717) is 30.2 Å². The summed E-state index contributed by atoms with van der Waals surface area (Å²) in [6.07, 6.45) is 3.69. The molecule has 1 N–H and O–H groups in total. The first-order valence-corrected chi connectivity index (χ1v) is 12.6. The summed E-state index contributed by atoms with van der Waals surface area (Å²) in [6, 6.07) is 10.2. The van der Waals surface area contributed by atoms with Crippen LogP contribution in [-0.4, -0.2) is 50.8 Å². The highest BCUT2D eigenvalue weighted by atomic mass is 32.2. The van der Waals surface area contributed by atoms with Crippen molar-refractivity contribution in [1.29, 1.82) is 0 Å². The summed E-state index contributed by atoms with van der Waals surface area (Å²) in [6.45, 7) is 4.35. The highest BCUT2D eigenvalue weighted by Crippen LogP contribution is 2.35. The molecule has 176 valence electrons. The summed E-state index contributed by atoms with van der Waals surface area (Å²) in [5.74, 6) is -0.391. The number of rotatable bonds is 5. The zero-order valence-corrected chi connectivity index (χ0v) is 19.8. The van der Waals surface area contributed by atoms with Crippen molar-refractivity contribution in [2.24, 2.45) is 0 Å². The average Bonchev–Trinajstić information content (AvgIpc) is 3.08. The number of anilines is 2. The van der Waals surface area contributed by atoms with E-state index in [2.05, 4.69) is 5.32 Å². The number of aryl methyl sites for hydroxylation is 2. The summed E-state index contributed by atoms with van der Waals surface area (Å²) < 4.78 is 33.5. The van der Waals surface area contributed by atoms with Crippen molar-refractivity contribution in [3.63, 3.8) is 0 Å². The van der Waals surface area contributed by atoms with Crippen LogP contribution in [0.2, 0.25) is 0 Å². The third kappa shape index (κ3) is 5.04. The Balaban J connectivity index is 1.59. The first kappa shape index (κ1) is 23.3. The Kier molecular flexibility index (Phi) is 6.71. The lowest BCUT2D eigenvalue weighted by Crippen LogP contribution is -2.43. The number of hydrogen-bond acceptors (Lipinski definition) is 5. The van der Waals surface area contributed by atoms with Gasteiger partial charge in [0.05, 0.1) is 10.6 Å². The fourth-order valence-electron chi connectivity index (χ4n) is 4.15. The third-order valence-corrected chi connectivity index (χ3v) is 7.94. The number of hydrogen-bond donors (Lipinski definition) is 1. The molecule has 0 bridgehead atoms. The van der Waals surface area contributed by atoms with Crippen LogP contribution in [0.5, 0.6) is 5.75 Å². The molecule has 0 spiro atoms. The molecule has 2 amide bonds. The number of fused-ring (bicyclic) bond motifs is 1. The molecule has 9 heteroatoms. The largest absolute Gasteiger partial charge is 0.482 e. The molecular formula is C24H29N3O5S. The Morgan fingerprint density at radius 1 is 1.03 bits per heavy atom. The number of ether oxygens (including phenoxy) is 1. The van der Waals surface area contributed by atoms with E-state index in [1.807, 2.05) is 32.0 Å². The van der Waals surface area contributed by atoms with Crippen molar-refractivity contribution in [2.45, 2.75) is 44.4 Å². The highest BCUT2D eigenvalue weighted by molar-refractivity contribution is 7.89. The molecule has 0 unspecified atom stereocenters. The topological polar surface area (TPSA) is 96.0 Å². The van der Waals surface area contributed by atoms with E-state index in [9.17, 15) is 18.0 Å². The van der Waals surface area contributed by atoms with Crippen molar-refractivity contribution in [3.8, 4) is 5.75 Å². The van der Waals surface area contributed by atoms with Gasteiger partial charge in [-0.15, -0.1) is 0 Å². The van der Waals surface area contributed by atoms with E-state index in [0.717, 1.165) is 36.8 Å². The van der Waals surface area contributed by atoms with Crippen LogP contribution in [0.3, 0.4) is 0 Å². The Morgan fingerprint density at radius 2 is 1.76 bits per heavy atom. The number of sulfonamides is 1. The lowest BCUT2D eigenvalue weighted by atomic mass is 10.1. The molecule has 2 aliphatic rings. The van der Waals surface area contributed by atoms with Gasteiger partial charge in [-0.25, -0.2) is 8.42 Å². The van der Waals surface area contributed by atoms with Crippen molar-refractivity contribution < 1.29 is 22.7 Å². The van der Waals surface area contributed by atoms with Crippen LogP contribution in [0.25, 0.3) is 0 Å². The van der Waals surface area contributed by atoms with Crippen molar-refractivity contribution in [3.05, 3.63) is 47.5 Å². The minimum Gasteiger partial charge on any atom is -0.482 e. The summed E-state index contributed by atoms with van der Waals surface area (Å²) in [5.41, 5.74) is 2.89. The molecule has 0 radical (unpaired) electrons. The van der Waals surface area contributed by atoms with Crippen molar-refractivity contribution in [2.75, 3.05) is 36.5 Å². The Hall–Kier alpha value is -2.91. The van der Waals surface area contributed by atoms with E-state index in [4.69, 9.17) is 4.74 Å². The van der Waals surface area contributed by atoms with E-state index in [1.54, 1.807) is 6.07 Å². The maximum absolute atomic E-state index is 13.2. The quantitative estimate of drug-likeness (QED) is 0.722. The van der Waals surface area contributed by atoms with Gasteiger partial charge in [0.25, 0.3) is 5.91 Å². The van der Waals surface area contributed by atoms with Gasteiger partial charge < -0.3 is 10.1 Å². The number of amides is 2. The summed E-state index contributed by atoms with van der Waals surface area (Å²) in [7, 11) is -3.71. The fraction of sp³-hybridized carbons (Fsp3) is 0.417. The predicted octanol–water partition coefficient (Wildman–Crippen LogP) is 3.23. The number of carbonyl (C=O) groups is 2. The van der Waals surface area contributed by atoms with Gasteiger partial charge in [0.15, 0.2) is 6.61 Å². The minimum absolute atomic E-state index is 0.0985. The second-order valence-corrected chi connectivity index (χ2v) is 10.5. The zero-order valence-electron chi connectivity index (χ0n) is 19.0. The number of nitrogens with zero attached hydrogens (tertiary/aromatic N) is 2. The second-order valence-electron chi connectivity index (χ2n) is 8.58. The standard InChI is InChI=1S/C24H29N3O5S/c1-17-7-8-18(2)20(13-17)25-23(28)15-27-21-14-19(9-10-22(21)32-16-24(27)29)33(30,31)26-11-5-3-4-6-12-26/h7-10,13-14H,3-6,11-12,15-16H2,1-2H3,(H,25,28). The molecule has 2 heterocycles. The van der Waals surface area contributed by atoms with E-state index in [-0.39, 0.29) is 24.0 Å². The van der Waals surface area contributed by atoms with Crippen molar-refractivity contribution >= 4 is 33.2 Å². The normalized spacial score (nSPS) is 17.2. The average molecular weight is 472 g/mol. The molecule has 0 atom stereocenters. The van der Waals surface area contributed by atoms with Gasteiger partial charge in [0.2, 0.25) is 15.9 Å². The first-order valence-electron chi connectivity index (χ1n) is 11.2. The van der Waals surface area contributed by atoms with E-state index < -0.39 is 15.9 Å². The van der Waals surface area contributed by atoms with E-state index >= 15 is 0 Å². The van der Waals surface area contributed by atoms with Gasteiger partial charge in [-0.3, -0.25) is 14.5 Å². The van der Waals surface area contributed by atoms with Crippen LogP contribution in [0.1, 0.15) is 36.8 Å². The molecule has 2 aromatic carbocycles. The molecule has 0 aliphatic carbocycles. The van der Waals surface area contributed by atoms with Crippen LogP contribution in [0.4, 0.5) is 11.4 Å². The van der Waals surface area contributed by atoms with Crippen LogP contribution in [0.15, 0.2) is 41.3 Å². The molecule has 1 fully saturated rings. The van der Waals surface area contributed by atoms with Crippen LogP contribution >= 0.6 is 0 Å². The molecule has 0 aromatic heterocycles. The number of carbonyl (C=O) groups excluding carboxylic acids is 2. The Morgan fingerprint density at radius 3 is 2.48 bits per heavy atom. The Bertz CT molecular complexity index is 1170. The molecule has 33 heavy (non-hydrogen) atoms. The SMILES string of the molecule is Cc1ccc(C)c(NC(=O)CN2C(=O)COc3ccc(S(=O)(=O)N4CCCCCC4)cc32)c1. The first-order chi connectivity index (χ1) is 15.8. The Labute approximate surface area is 194 Å². The molecule has 2 aliphatic heterocycles. The molecule has 4 rings (SSSR count). The molecule has 1 saturated heterocycles. The third-order valence-electron chi connectivity index (χ3n) is 6.05. The van der Waals surface area contributed by atoms with Gasteiger partial charge >= 0.3 is 0 Å². The van der Waals surface area contributed by atoms with Crippen LogP contribution < -0.4 is 15.0 Å². The smallest absolute Gasteiger partial charge is 0.265 e. The van der Waals surface area contributed by atoms with Crippen LogP contribution in [-0.2, 0) is 19.6 Å². The zero-order chi connectivity index (χ0) is 23.6. The summed E-state index contributed by atoms with van der Waals surface area (Å²) >= 11 is 0. The highest BCUT2D eigenvalue weighted by Gasteiger charge is 2.31. The summed E-state index contributed by atoms with van der Waals surface area (Å²) in [5, 5.41) is 2.85. The molecule has 0 saturated carbocycles. The van der Waals surface area contributed by atoms with E-state index in [1.165, 1.54) is 21.3 Å². The van der Waals surface area contributed by atoms with Gasteiger partial charge in [-0.1, -0.05) is 25.0 Å². The lowest BCUT2D eigenvalue weighted by molar-refractivity contribution is -0.123. The van der Waals surface area contributed by atoms with Crippen molar-refractivity contribution in [1.82, 2.24) is 4.31 Å². The fourth-order valence-corrected chi connectivity index (χ4v) is 5.69. The molecular weight excluding hydrogens is 442 g/mol. The van der Waals surface area contributed by atoms with Crippen LogP contribution in [0, 0.1) is 13.8 Å². The second kappa shape index (κ2) is 9.52. The van der Waals surface area contributed by atoms with Gasteiger partial charge in [-0.05, 0) is 62.1 Å². The maximum Gasteiger partial charge on any atom is 0.265 e. The van der Waals surface area contributed by atoms with Gasteiger partial charge in [0.1, 0.15) is 12.3 Å². The number of benzene rings is 2. The van der Waals surface area contributed by atoms with Gasteiger partial charge in [0, 0.05) is 18.8 Å². The monoisotopic (exact) mass is 471 g/mol. The predicted molar refractivity (Wildman–Crippen MR) is 126 cm³/mol. The number of nitrogens with one attached hydrogen (secondary N) is 1. The molecule has 2 aromatic rings. The minimum atomic E-state index is -3.71. The van der Waals surface area contributed by atoms with Gasteiger partial charge in [-0.2, -0.15) is 4.31 Å². The maximum atomic E-state index is 13.2. The lowest BCUT2D eigenvalue weighted by Gasteiger charge is -2.30.